The lowest BCUT2D eigenvalue weighted by atomic mass is 10.0. The van der Waals surface area contributed by atoms with Crippen LogP contribution in [-0.2, 0) is 0 Å². The number of alkyl halides is 2. The lowest BCUT2D eigenvalue weighted by molar-refractivity contribution is -0.0498. The average Bonchev–Trinajstić information content (AvgIpc) is 2.26. The molecule has 2 N–H and O–H groups in total. The number of nitrogens with two attached hydrogens (primary N) is 1. The summed E-state index contributed by atoms with van der Waals surface area (Å²) in [5.41, 5.74) is 6.80. The number of benzene rings is 1. The molecule has 1 atom stereocenters. The zero-order chi connectivity index (χ0) is 12.0. The van der Waals surface area contributed by atoms with E-state index in [4.69, 9.17) is 5.73 Å². The van der Waals surface area contributed by atoms with E-state index in [1.165, 1.54) is 12.1 Å². The van der Waals surface area contributed by atoms with Crippen LogP contribution in [0.25, 0.3) is 0 Å². The van der Waals surface area contributed by atoms with Gasteiger partial charge in [-0.1, -0.05) is 18.2 Å². The van der Waals surface area contributed by atoms with Crippen molar-refractivity contribution in [1.29, 1.82) is 0 Å². The molecule has 0 fully saturated rings. The van der Waals surface area contributed by atoms with Crippen molar-refractivity contribution in [2.45, 2.75) is 25.5 Å². The first-order valence-electron chi connectivity index (χ1n) is 5.04. The van der Waals surface area contributed by atoms with Crippen molar-refractivity contribution in [2.75, 3.05) is 0 Å². The lowest BCUT2D eigenvalue weighted by Gasteiger charge is -2.11. The minimum absolute atomic E-state index is 0. The fraction of sp³-hybridized carbons (Fsp3) is 0.333. The van der Waals surface area contributed by atoms with Crippen LogP contribution in [0.2, 0.25) is 0 Å². The molecule has 0 amide bonds. The molecule has 0 bridgehead atoms. The molecule has 0 radical (unpaired) electrons. The van der Waals surface area contributed by atoms with Gasteiger partial charge in [0.1, 0.15) is 5.75 Å². The zero-order valence-electron chi connectivity index (χ0n) is 9.31. The largest absolute Gasteiger partial charge is 0.435 e. The fourth-order valence-corrected chi connectivity index (χ4v) is 1.36. The SMILES string of the molecule is C=CCC[C@H](N)c1ccc(OC(F)F)cc1.Cl. The normalized spacial score (nSPS) is 11.8. The van der Waals surface area contributed by atoms with Crippen molar-refractivity contribution in [3.8, 4) is 5.75 Å². The first-order chi connectivity index (χ1) is 7.63. The van der Waals surface area contributed by atoms with E-state index in [1.54, 1.807) is 18.2 Å². The van der Waals surface area contributed by atoms with E-state index < -0.39 is 6.61 Å². The van der Waals surface area contributed by atoms with Gasteiger partial charge in [-0.05, 0) is 30.5 Å². The van der Waals surface area contributed by atoms with E-state index in [2.05, 4.69) is 11.3 Å². The van der Waals surface area contributed by atoms with Gasteiger partial charge >= 0.3 is 6.61 Å². The molecule has 0 spiro atoms. The second-order valence-corrected chi connectivity index (χ2v) is 3.42. The number of rotatable bonds is 6. The fourth-order valence-electron chi connectivity index (χ4n) is 1.36. The summed E-state index contributed by atoms with van der Waals surface area (Å²) in [6.45, 7) is 0.823. The highest BCUT2D eigenvalue weighted by molar-refractivity contribution is 5.85. The Bertz CT molecular complexity index is 330. The summed E-state index contributed by atoms with van der Waals surface area (Å²) in [5, 5.41) is 0. The summed E-state index contributed by atoms with van der Waals surface area (Å²) in [7, 11) is 0. The molecule has 0 aromatic heterocycles. The predicted molar refractivity (Wildman–Crippen MR) is 66.7 cm³/mol. The van der Waals surface area contributed by atoms with E-state index in [1.807, 2.05) is 0 Å². The molecule has 5 heteroatoms. The summed E-state index contributed by atoms with van der Waals surface area (Å²) >= 11 is 0. The van der Waals surface area contributed by atoms with Crippen LogP contribution < -0.4 is 10.5 Å². The van der Waals surface area contributed by atoms with Crippen molar-refractivity contribution in [3.63, 3.8) is 0 Å². The molecule has 1 aromatic carbocycles. The Morgan fingerprint density at radius 1 is 1.29 bits per heavy atom. The Morgan fingerprint density at radius 3 is 2.35 bits per heavy atom. The van der Waals surface area contributed by atoms with Crippen LogP contribution in [0.3, 0.4) is 0 Å². The molecular formula is C12H16ClF2NO. The maximum absolute atomic E-state index is 11.9. The van der Waals surface area contributed by atoms with E-state index in [0.29, 0.717) is 0 Å². The molecular weight excluding hydrogens is 248 g/mol. The Labute approximate surface area is 106 Å². The van der Waals surface area contributed by atoms with Gasteiger partial charge in [0.15, 0.2) is 0 Å². The average molecular weight is 264 g/mol. The number of hydrogen-bond acceptors (Lipinski definition) is 2. The molecule has 0 heterocycles. The van der Waals surface area contributed by atoms with Crippen LogP contribution in [0.4, 0.5) is 8.78 Å². The highest BCUT2D eigenvalue weighted by Crippen LogP contribution is 2.20. The second kappa shape index (κ2) is 8.03. The van der Waals surface area contributed by atoms with Gasteiger partial charge in [-0.15, -0.1) is 19.0 Å². The van der Waals surface area contributed by atoms with Gasteiger partial charge < -0.3 is 10.5 Å². The van der Waals surface area contributed by atoms with Crippen LogP contribution >= 0.6 is 12.4 Å². The molecule has 1 rings (SSSR count). The Hall–Kier alpha value is -1.13. The van der Waals surface area contributed by atoms with Gasteiger partial charge in [-0.2, -0.15) is 8.78 Å². The monoisotopic (exact) mass is 263 g/mol. The topological polar surface area (TPSA) is 35.2 Å². The summed E-state index contributed by atoms with van der Waals surface area (Å²) < 4.78 is 28.0. The molecule has 1 aromatic rings. The lowest BCUT2D eigenvalue weighted by Crippen LogP contribution is -2.09. The standard InChI is InChI=1S/C12H15F2NO.ClH/c1-2-3-4-11(15)9-5-7-10(8-6-9)16-12(13)14;/h2,5-8,11-12H,1,3-4,15H2;1H/t11-;/m0./s1. The van der Waals surface area contributed by atoms with Crippen molar-refractivity contribution >= 4 is 12.4 Å². The molecule has 0 saturated carbocycles. The third-order valence-electron chi connectivity index (χ3n) is 2.22. The molecule has 0 unspecified atom stereocenters. The molecule has 0 aliphatic heterocycles. The first kappa shape index (κ1) is 15.9. The van der Waals surface area contributed by atoms with Crippen LogP contribution in [0.1, 0.15) is 24.4 Å². The summed E-state index contributed by atoms with van der Waals surface area (Å²) in [4.78, 5) is 0. The van der Waals surface area contributed by atoms with Gasteiger partial charge in [0.2, 0.25) is 0 Å². The summed E-state index contributed by atoms with van der Waals surface area (Å²) in [6, 6.07) is 6.29. The molecule has 0 saturated heterocycles. The van der Waals surface area contributed by atoms with E-state index in [0.717, 1.165) is 18.4 Å². The zero-order valence-corrected chi connectivity index (χ0v) is 10.1. The summed E-state index contributed by atoms with van der Waals surface area (Å²) in [5.74, 6) is 0.148. The Kier molecular flexibility index (Phi) is 7.50. The van der Waals surface area contributed by atoms with Crippen LogP contribution in [-0.4, -0.2) is 6.61 Å². The first-order valence-corrected chi connectivity index (χ1v) is 5.04. The Balaban J connectivity index is 0.00000256. The van der Waals surface area contributed by atoms with Gasteiger partial charge in [-0.25, -0.2) is 0 Å². The van der Waals surface area contributed by atoms with E-state index >= 15 is 0 Å². The van der Waals surface area contributed by atoms with E-state index in [9.17, 15) is 8.78 Å². The third kappa shape index (κ3) is 5.65. The van der Waals surface area contributed by atoms with Crippen LogP contribution in [0.15, 0.2) is 36.9 Å². The second-order valence-electron chi connectivity index (χ2n) is 3.42. The predicted octanol–water partition coefficient (Wildman–Crippen LogP) is 3.68. The van der Waals surface area contributed by atoms with Crippen molar-refractivity contribution < 1.29 is 13.5 Å². The third-order valence-corrected chi connectivity index (χ3v) is 2.22. The molecule has 2 nitrogen and oxygen atoms in total. The van der Waals surface area contributed by atoms with Crippen molar-refractivity contribution in [2.24, 2.45) is 5.73 Å². The van der Waals surface area contributed by atoms with Gasteiger partial charge in [-0.3, -0.25) is 0 Å². The molecule has 0 aliphatic carbocycles. The number of allylic oxidation sites excluding steroid dienone is 1. The quantitative estimate of drug-likeness (QED) is 0.795. The molecule has 17 heavy (non-hydrogen) atoms. The smallest absolute Gasteiger partial charge is 0.387 e. The van der Waals surface area contributed by atoms with E-state index in [-0.39, 0.29) is 24.2 Å². The highest BCUT2D eigenvalue weighted by Gasteiger charge is 2.07. The minimum Gasteiger partial charge on any atom is -0.435 e. The number of ether oxygens (including phenoxy) is 1. The maximum atomic E-state index is 11.9. The van der Waals surface area contributed by atoms with Crippen LogP contribution in [0, 0.1) is 0 Å². The van der Waals surface area contributed by atoms with Crippen molar-refractivity contribution in [3.05, 3.63) is 42.5 Å². The number of halogens is 3. The summed E-state index contributed by atoms with van der Waals surface area (Å²) in [6.07, 6.45) is 3.42. The van der Waals surface area contributed by atoms with Gasteiger partial charge in [0, 0.05) is 6.04 Å². The van der Waals surface area contributed by atoms with Gasteiger partial charge in [0.25, 0.3) is 0 Å². The van der Waals surface area contributed by atoms with Gasteiger partial charge in [0.05, 0.1) is 0 Å². The molecule has 0 aliphatic rings. The highest BCUT2D eigenvalue weighted by atomic mass is 35.5. The Morgan fingerprint density at radius 2 is 1.88 bits per heavy atom. The maximum Gasteiger partial charge on any atom is 0.387 e. The van der Waals surface area contributed by atoms with Crippen LogP contribution in [0.5, 0.6) is 5.75 Å². The minimum atomic E-state index is -2.79. The number of hydrogen-bond donors (Lipinski definition) is 1. The molecule has 96 valence electrons. The van der Waals surface area contributed by atoms with Crippen molar-refractivity contribution in [1.82, 2.24) is 0 Å².